The molecule has 1 aromatic heterocycles. The summed E-state index contributed by atoms with van der Waals surface area (Å²) in [6.07, 6.45) is -0.597. The van der Waals surface area contributed by atoms with Crippen LogP contribution in [0.4, 0.5) is 10.5 Å². The number of ether oxygens (including phenoxy) is 2. The molecule has 2 rings (SSSR count). The predicted octanol–water partition coefficient (Wildman–Crippen LogP) is 2.08. The number of carbonyl (C=O) groups excluding carboxylic acids is 2. The maximum Gasteiger partial charge on any atom is 0.407 e. The lowest BCUT2D eigenvalue weighted by atomic mass is 10.2. The van der Waals surface area contributed by atoms with Crippen LogP contribution < -0.4 is 15.0 Å². The third-order valence-corrected chi connectivity index (χ3v) is 4.00. The number of rotatable bonds is 4. The lowest BCUT2D eigenvalue weighted by molar-refractivity contribution is -0.121. The second kappa shape index (κ2) is 6.68. The molecule has 1 aliphatic heterocycles. The highest BCUT2D eigenvalue weighted by molar-refractivity contribution is 7.13. The molecule has 1 aromatic rings. The lowest BCUT2D eigenvalue weighted by Crippen LogP contribution is -2.48. The number of amides is 2. The molecule has 0 saturated carbocycles. The minimum absolute atomic E-state index is 0.0301. The number of anilines is 1. The number of hydrogen-bond acceptors (Lipinski definition) is 6. The molecule has 2 amide bonds. The molecule has 0 spiro atoms. The molecule has 132 valence electrons. The van der Waals surface area contributed by atoms with Crippen LogP contribution in [0, 0.1) is 0 Å². The summed E-state index contributed by atoms with van der Waals surface area (Å²) in [5, 5.41) is 13.5. The van der Waals surface area contributed by atoms with Crippen LogP contribution in [0.3, 0.4) is 0 Å². The van der Waals surface area contributed by atoms with Gasteiger partial charge in [-0.15, -0.1) is 11.3 Å². The van der Waals surface area contributed by atoms with Crippen LogP contribution in [0.5, 0.6) is 5.75 Å². The highest BCUT2D eigenvalue weighted by Gasteiger charge is 2.33. The Hall–Kier alpha value is -2.29. The molecule has 9 heteroatoms. The first-order valence-electron chi connectivity index (χ1n) is 7.36. The molecule has 0 aliphatic carbocycles. The van der Waals surface area contributed by atoms with Gasteiger partial charge in [-0.3, -0.25) is 4.79 Å². The molecule has 0 radical (unpaired) electrons. The second-order valence-corrected chi connectivity index (χ2v) is 7.30. The summed E-state index contributed by atoms with van der Waals surface area (Å²) in [6, 6.07) is -0.434. The van der Waals surface area contributed by atoms with E-state index in [-0.39, 0.29) is 29.6 Å². The highest BCUT2D eigenvalue weighted by Crippen LogP contribution is 2.40. The molecule has 0 bridgehead atoms. The summed E-state index contributed by atoms with van der Waals surface area (Å²) in [7, 11) is 0. The molecular formula is C15H20N2O6S. The second-order valence-electron chi connectivity index (χ2n) is 6.42. The fourth-order valence-corrected chi connectivity index (χ4v) is 3.04. The van der Waals surface area contributed by atoms with Crippen LogP contribution >= 0.6 is 11.3 Å². The number of nitrogens with zero attached hydrogens (tertiary/aromatic N) is 1. The van der Waals surface area contributed by atoms with Gasteiger partial charge in [0, 0.05) is 18.0 Å². The Morgan fingerprint density at radius 1 is 1.50 bits per heavy atom. The Bertz CT molecular complexity index is 663. The van der Waals surface area contributed by atoms with Crippen molar-refractivity contribution in [1.29, 1.82) is 0 Å². The first kappa shape index (κ1) is 18.1. The van der Waals surface area contributed by atoms with Crippen molar-refractivity contribution in [2.45, 2.75) is 39.3 Å². The van der Waals surface area contributed by atoms with Crippen molar-refractivity contribution >= 4 is 35.0 Å². The Kier molecular flexibility index (Phi) is 5.02. The quantitative estimate of drug-likeness (QED) is 0.856. The van der Waals surface area contributed by atoms with Crippen LogP contribution in [-0.4, -0.2) is 47.9 Å². The van der Waals surface area contributed by atoms with Gasteiger partial charge in [0.15, 0.2) is 12.4 Å². The Morgan fingerprint density at radius 3 is 2.75 bits per heavy atom. The van der Waals surface area contributed by atoms with Crippen LogP contribution in [-0.2, 0) is 9.53 Å². The fourth-order valence-electron chi connectivity index (χ4n) is 2.21. The zero-order valence-corrected chi connectivity index (χ0v) is 14.7. The zero-order chi connectivity index (χ0) is 18.1. The van der Waals surface area contributed by atoms with Crippen molar-refractivity contribution in [2.24, 2.45) is 0 Å². The Balaban J connectivity index is 2.12. The summed E-state index contributed by atoms with van der Waals surface area (Å²) in [6.45, 7) is 6.91. The van der Waals surface area contributed by atoms with Crippen molar-refractivity contribution in [2.75, 3.05) is 18.1 Å². The van der Waals surface area contributed by atoms with Crippen molar-refractivity contribution in [3.8, 4) is 5.75 Å². The van der Waals surface area contributed by atoms with E-state index < -0.39 is 23.7 Å². The van der Waals surface area contributed by atoms with E-state index in [1.807, 2.05) is 0 Å². The van der Waals surface area contributed by atoms with Gasteiger partial charge in [0.25, 0.3) is 5.91 Å². The number of carbonyl (C=O) groups is 3. The summed E-state index contributed by atoms with van der Waals surface area (Å²) in [5.74, 6) is -1.12. The lowest BCUT2D eigenvalue weighted by Gasteiger charge is -2.30. The predicted molar refractivity (Wildman–Crippen MR) is 88.0 cm³/mol. The third kappa shape index (κ3) is 4.16. The normalized spacial score (nSPS) is 15.3. The van der Waals surface area contributed by atoms with E-state index >= 15 is 0 Å². The minimum atomic E-state index is -1.13. The standard InChI is InChI=1S/C15H20N2O6S/c1-8(16-14(21)23-15(2,3)4)5-17-10(18)6-22-9-7-24-12(11(9)17)13(19)20/h7-8H,5-6H2,1-4H3,(H,16,21)(H,19,20)/t8-/m0/s1. The summed E-state index contributed by atoms with van der Waals surface area (Å²) < 4.78 is 10.4. The maximum absolute atomic E-state index is 12.1. The van der Waals surface area contributed by atoms with Crippen LogP contribution in [0.1, 0.15) is 37.4 Å². The monoisotopic (exact) mass is 356 g/mol. The van der Waals surface area contributed by atoms with Gasteiger partial charge in [-0.2, -0.15) is 0 Å². The zero-order valence-electron chi connectivity index (χ0n) is 13.9. The number of hydrogen-bond donors (Lipinski definition) is 2. The van der Waals surface area contributed by atoms with E-state index in [4.69, 9.17) is 9.47 Å². The SMILES string of the molecule is C[C@@H](CN1C(=O)COc2csc(C(=O)O)c21)NC(=O)OC(C)(C)C. The molecule has 0 unspecified atom stereocenters. The van der Waals surface area contributed by atoms with Crippen molar-refractivity contribution in [1.82, 2.24) is 5.32 Å². The minimum Gasteiger partial charge on any atom is -0.481 e. The molecule has 1 aliphatic rings. The first-order chi connectivity index (χ1) is 11.1. The number of alkyl carbamates (subject to hydrolysis) is 1. The summed E-state index contributed by atoms with van der Waals surface area (Å²) >= 11 is 0.998. The van der Waals surface area contributed by atoms with E-state index in [0.717, 1.165) is 11.3 Å². The van der Waals surface area contributed by atoms with Crippen LogP contribution in [0.2, 0.25) is 0 Å². The van der Waals surface area contributed by atoms with Gasteiger partial charge < -0.3 is 24.8 Å². The fraction of sp³-hybridized carbons (Fsp3) is 0.533. The van der Waals surface area contributed by atoms with Crippen LogP contribution in [0.25, 0.3) is 0 Å². The average Bonchev–Trinajstić information content (AvgIpc) is 2.83. The molecule has 0 saturated heterocycles. The van der Waals surface area contributed by atoms with E-state index in [1.165, 1.54) is 4.90 Å². The highest BCUT2D eigenvalue weighted by atomic mass is 32.1. The molecule has 0 fully saturated rings. The van der Waals surface area contributed by atoms with E-state index in [1.54, 1.807) is 33.1 Å². The van der Waals surface area contributed by atoms with Gasteiger partial charge in [0.2, 0.25) is 0 Å². The van der Waals surface area contributed by atoms with E-state index in [2.05, 4.69) is 5.32 Å². The largest absolute Gasteiger partial charge is 0.481 e. The van der Waals surface area contributed by atoms with Crippen molar-refractivity contribution in [3.05, 3.63) is 10.3 Å². The number of aromatic carboxylic acids is 1. The number of fused-ring (bicyclic) bond motifs is 1. The van der Waals surface area contributed by atoms with Crippen molar-refractivity contribution < 1.29 is 29.0 Å². The maximum atomic E-state index is 12.1. The molecule has 2 heterocycles. The number of thiophene rings is 1. The number of carboxylic acid groups (broad SMARTS) is 1. The van der Waals surface area contributed by atoms with Gasteiger partial charge in [-0.1, -0.05) is 0 Å². The van der Waals surface area contributed by atoms with Gasteiger partial charge in [0.1, 0.15) is 16.2 Å². The summed E-state index contributed by atoms with van der Waals surface area (Å²) in [4.78, 5) is 36.7. The number of carboxylic acids is 1. The van der Waals surface area contributed by atoms with Gasteiger partial charge >= 0.3 is 12.1 Å². The molecular weight excluding hydrogens is 336 g/mol. The molecule has 24 heavy (non-hydrogen) atoms. The molecule has 1 atom stereocenters. The molecule has 0 aromatic carbocycles. The first-order valence-corrected chi connectivity index (χ1v) is 8.24. The Labute approximate surface area is 143 Å². The number of nitrogens with one attached hydrogen (secondary N) is 1. The van der Waals surface area contributed by atoms with E-state index in [9.17, 15) is 19.5 Å². The topological polar surface area (TPSA) is 105 Å². The summed E-state index contributed by atoms with van der Waals surface area (Å²) in [5.41, 5.74) is -0.392. The van der Waals surface area contributed by atoms with Crippen molar-refractivity contribution in [3.63, 3.8) is 0 Å². The average molecular weight is 356 g/mol. The van der Waals surface area contributed by atoms with Crippen LogP contribution in [0.15, 0.2) is 5.38 Å². The molecule has 8 nitrogen and oxygen atoms in total. The third-order valence-electron chi connectivity index (χ3n) is 3.07. The smallest absolute Gasteiger partial charge is 0.407 e. The Morgan fingerprint density at radius 2 is 2.17 bits per heavy atom. The molecule has 2 N–H and O–H groups in total. The van der Waals surface area contributed by atoms with Gasteiger partial charge in [-0.05, 0) is 27.7 Å². The van der Waals surface area contributed by atoms with E-state index in [0.29, 0.717) is 5.75 Å². The van der Waals surface area contributed by atoms with Gasteiger partial charge in [0.05, 0.1) is 0 Å². The van der Waals surface area contributed by atoms with Gasteiger partial charge in [-0.25, -0.2) is 9.59 Å².